The highest BCUT2D eigenvalue weighted by Gasteiger charge is 2.30. The first kappa shape index (κ1) is 118. The fourth-order valence-corrected chi connectivity index (χ4v) is 15.3. The summed E-state index contributed by atoms with van der Waals surface area (Å²) in [6.07, 6.45) is 124. The van der Waals surface area contributed by atoms with Gasteiger partial charge in [0.1, 0.15) is 25.4 Å². The fraction of sp³-hybridized carbons (Fsp3) is 0.724. The molecule has 0 heterocycles. The predicted molar refractivity (Wildman–Crippen MR) is 519 cm³/mol. The minimum absolute atomic E-state index is 0.0944. The molecule has 0 aliphatic heterocycles. The fourth-order valence-electron chi connectivity index (χ4n) is 13.7. The molecule has 5 unspecified atom stereocenters. The van der Waals surface area contributed by atoms with Gasteiger partial charge in [-0.3, -0.25) is 32.5 Å². The summed E-state index contributed by atoms with van der Waals surface area (Å²) in [7, 11) is -9.82. The molecule has 0 saturated heterocycles. The van der Waals surface area contributed by atoms with Gasteiger partial charge in [-0.25, -0.2) is 9.13 Å². The summed E-state index contributed by atoms with van der Waals surface area (Å²) in [4.78, 5) is 59.1. The van der Waals surface area contributed by atoms with Crippen LogP contribution in [0, 0.1) is 0 Å². The van der Waals surface area contributed by atoms with Crippen molar-refractivity contribution >= 4 is 33.6 Å². The molecule has 4 N–H and O–H groups in total. The Morgan fingerprint density at radius 2 is 0.431 bits per heavy atom. The molecule has 18 heteroatoms. The van der Waals surface area contributed by atoms with E-state index in [0.717, 1.165) is 154 Å². The van der Waals surface area contributed by atoms with E-state index in [1.807, 2.05) is 0 Å². The number of esters is 3. The predicted octanol–water partition coefficient (Wildman–Crippen LogP) is 31.2. The average molecular weight is 1760 g/mol. The van der Waals surface area contributed by atoms with Crippen molar-refractivity contribution in [3.8, 4) is 0 Å². The Kier molecular flexibility index (Phi) is 92.5. The van der Waals surface area contributed by atoms with Crippen LogP contribution in [0.25, 0.3) is 0 Å². The van der Waals surface area contributed by atoms with Crippen LogP contribution in [0.15, 0.2) is 158 Å². The molecule has 0 bridgehead atoms. The van der Waals surface area contributed by atoms with Crippen LogP contribution < -0.4 is 0 Å². The smallest absolute Gasteiger partial charge is 0.463 e. The van der Waals surface area contributed by atoms with E-state index >= 15 is 0 Å². The molecule has 0 rings (SSSR count). The molecule has 0 aliphatic carbocycles. The number of phosphoric ester groups is 2. The lowest BCUT2D eigenvalue weighted by Crippen LogP contribution is -2.30. The molecule has 0 spiro atoms. The highest BCUT2D eigenvalue weighted by atomic mass is 31.2. The van der Waals surface area contributed by atoms with E-state index in [0.29, 0.717) is 19.3 Å². The Bertz CT molecular complexity index is 2870. The second-order valence-electron chi connectivity index (χ2n) is 33.2. The van der Waals surface area contributed by atoms with Crippen molar-refractivity contribution in [2.24, 2.45) is 0 Å². The Hall–Kier alpha value is -4.83. The number of carbonyl (C=O) groups excluding carboxylic acids is 3. The summed E-state index contributed by atoms with van der Waals surface area (Å²) in [6, 6.07) is 0. The summed E-state index contributed by atoms with van der Waals surface area (Å²) in [5.74, 6) is -1.57. The molecule has 0 amide bonds. The van der Waals surface area contributed by atoms with E-state index in [4.69, 9.17) is 32.3 Å². The second kappa shape index (κ2) is 96.3. The lowest BCUT2D eigenvalue weighted by atomic mass is 10.0. The van der Waals surface area contributed by atoms with Crippen LogP contribution in [-0.2, 0) is 55.8 Å². The van der Waals surface area contributed by atoms with Crippen LogP contribution in [-0.4, -0.2) is 95.9 Å². The molecule has 123 heavy (non-hydrogen) atoms. The van der Waals surface area contributed by atoms with Crippen molar-refractivity contribution in [2.75, 3.05) is 39.6 Å². The summed E-state index contributed by atoms with van der Waals surface area (Å²) < 4.78 is 61.6. The second-order valence-corrected chi connectivity index (χ2v) is 36.1. The average Bonchev–Trinajstić information content (AvgIpc) is 0.898. The normalized spacial score (nSPS) is 14.4. The Morgan fingerprint density at radius 3 is 0.683 bits per heavy atom. The van der Waals surface area contributed by atoms with E-state index in [1.54, 1.807) is 0 Å². The van der Waals surface area contributed by atoms with Gasteiger partial charge in [0.05, 0.1) is 26.4 Å². The number of phosphoric acid groups is 2. The third-order valence-electron chi connectivity index (χ3n) is 21.2. The van der Waals surface area contributed by atoms with Gasteiger partial charge in [-0.1, -0.05) is 416 Å². The number of unbranched alkanes of at least 4 members (excludes halogenated alkanes) is 45. The van der Waals surface area contributed by atoms with Crippen molar-refractivity contribution in [3.05, 3.63) is 158 Å². The first-order chi connectivity index (χ1) is 60.2. The molecular weight excluding hydrogens is 1580 g/mol. The van der Waals surface area contributed by atoms with Crippen molar-refractivity contribution in [1.82, 2.24) is 0 Å². The first-order valence-corrected chi connectivity index (χ1v) is 52.8. The summed E-state index contributed by atoms with van der Waals surface area (Å²) in [6.45, 7) is 2.57. The van der Waals surface area contributed by atoms with Gasteiger partial charge in [0, 0.05) is 19.3 Å². The van der Waals surface area contributed by atoms with Gasteiger partial charge in [0.25, 0.3) is 0 Å². The molecule has 0 aliphatic rings. The molecule has 0 aromatic rings. The number of aliphatic hydroxyl groups is 2. The van der Waals surface area contributed by atoms with E-state index < -0.39 is 91.5 Å². The maximum Gasteiger partial charge on any atom is 0.472 e. The number of hydrogen-bond acceptors (Lipinski definition) is 14. The topological polar surface area (TPSA) is 231 Å². The van der Waals surface area contributed by atoms with Gasteiger partial charge < -0.3 is 34.2 Å². The first-order valence-electron chi connectivity index (χ1n) is 49.8. The SMILES string of the molecule is CC/C=C\C/C=C\C/C=C\C/C=C\C/C=C\CCCCCCCCCCCCCCCCCCCCCC(=O)OCC(O)COP(=O)(O)OCC(O)COP(=O)(O)OCC(COC(=O)CCCCCCCCCCCCC/C=C\C/C=C\C/C=C\C/C=C\CCCCC)OC(=O)CCCCCCCCCCC/C=C\C/C=C\C/C=C\C/C=C\CCCCC. The van der Waals surface area contributed by atoms with Crippen LogP contribution >= 0.6 is 15.6 Å². The third kappa shape index (κ3) is 97.6. The zero-order valence-electron chi connectivity index (χ0n) is 78.3. The van der Waals surface area contributed by atoms with Crippen LogP contribution in [0.1, 0.15) is 432 Å². The molecule has 0 saturated carbocycles. The Labute approximate surface area is 752 Å². The summed E-state index contributed by atoms with van der Waals surface area (Å²) in [5.41, 5.74) is 0. The number of allylic oxidation sites excluding steroid dienone is 26. The van der Waals surface area contributed by atoms with Gasteiger partial charge >= 0.3 is 33.6 Å². The lowest BCUT2D eigenvalue weighted by Gasteiger charge is -2.21. The zero-order chi connectivity index (χ0) is 89.3. The van der Waals surface area contributed by atoms with Gasteiger partial charge in [-0.15, -0.1) is 0 Å². The van der Waals surface area contributed by atoms with E-state index in [9.17, 15) is 43.5 Å². The van der Waals surface area contributed by atoms with E-state index in [2.05, 4.69) is 179 Å². The van der Waals surface area contributed by atoms with Crippen LogP contribution in [0.4, 0.5) is 0 Å². The van der Waals surface area contributed by atoms with E-state index in [1.165, 1.54) is 218 Å². The standard InChI is InChI=1S/C105H182O16P2/c1-4-7-10-13-16-19-22-25-28-31-34-37-40-43-45-46-47-48-49-50-51-52-54-57-58-61-64-67-70-73-76-79-82-85-88-91-103(108)115-94-100(106)95-117-122(111,112)118-96-101(107)97-119-123(113,114)120-99-102(121-105(110)93-90-87-84-81-78-75-72-69-66-63-60-55-42-39-36-33-30-27-24-21-18-15-12-9-6-3)98-116-104(109)92-89-86-83-80-77-74-71-68-65-62-59-56-53-44-41-38-35-32-29-26-23-20-17-14-11-8-5-2/h7,10,16-21,25-30,34-39,43-45,53,55,60,100-102,106-107H,4-6,8-9,11-15,22-24,31-33,40-42,46-52,54,56-59,61-99H2,1-3H3,(H,111,112)(H,113,114)/b10-7-,19-16-,20-17-,21-18-,28-25-,29-26-,30-27-,37-34-,38-35-,39-36-,45-43-,53-44-,60-55-. The largest absolute Gasteiger partial charge is 0.472 e. The number of rotatable bonds is 94. The van der Waals surface area contributed by atoms with Gasteiger partial charge in [0.2, 0.25) is 0 Å². The Balaban J connectivity index is 4.56. The molecule has 0 aromatic carbocycles. The molecule has 16 nitrogen and oxygen atoms in total. The van der Waals surface area contributed by atoms with Crippen molar-refractivity contribution in [1.29, 1.82) is 0 Å². The Morgan fingerprint density at radius 1 is 0.236 bits per heavy atom. The minimum atomic E-state index is -4.95. The van der Waals surface area contributed by atoms with Gasteiger partial charge in [0.15, 0.2) is 6.10 Å². The highest BCUT2D eigenvalue weighted by molar-refractivity contribution is 7.47. The van der Waals surface area contributed by atoms with Crippen LogP contribution in [0.5, 0.6) is 0 Å². The van der Waals surface area contributed by atoms with Crippen LogP contribution in [0.2, 0.25) is 0 Å². The quantitative estimate of drug-likeness (QED) is 0.0146. The minimum Gasteiger partial charge on any atom is -0.463 e. The van der Waals surface area contributed by atoms with Gasteiger partial charge in [-0.2, -0.15) is 0 Å². The lowest BCUT2D eigenvalue weighted by molar-refractivity contribution is -0.161. The van der Waals surface area contributed by atoms with E-state index in [-0.39, 0.29) is 19.3 Å². The summed E-state index contributed by atoms with van der Waals surface area (Å²) >= 11 is 0. The maximum absolute atomic E-state index is 13.1. The molecular formula is C105H182O16P2. The number of carbonyl (C=O) groups is 3. The monoisotopic (exact) mass is 1760 g/mol. The van der Waals surface area contributed by atoms with Gasteiger partial charge in [-0.05, 0) is 154 Å². The third-order valence-corrected chi connectivity index (χ3v) is 23.1. The maximum atomic E-state index is 13.1. The van der Waals surface area contributed by atoms with Crippen LogP contribution in [0.3, 0.4) is 0 Å². The zero-order valence-corrected chi connectivity index (χ0v) is 80.1. The molecule has 0 fully saturated rings. The summed E-state index contributed by atoms with van der Waals surface area (Å²) in [5, 5.41) is 20.8. The highest BCUT2D eigenvalue weighted by Crippen LogP contribution is 2.45. The molecule has 5 atom stereocenters. The van der Waals surface area contributed by atoms with Crippen molar-refractivity contribution in [3.63, 3.8) is 0 Å². The van der Waals surface area contributed by atoms with Crippen molar-refractivity contribution in [2.45, 2.75) is 450 Å². The number of hydrogen-bond donors (Lipinski definition) is 4. The molecule has 708 valence electrons. The van der Waals surface area contributed by atoms with Crippen molar-refractivity contribution < 1.29 is 75.8 Å². The molecule has 0 radical (unpaired) electrons. The number of aliphatic hydroxyl groups excluding tert-OH is 2. The molecule has 0 aromatic heterocycles. The number of ether oxygens (including phenoxy) is 3.